The van der Waals surface area contributed by atoms with Crippen LogP contribution in [0.15, 0.2) is 40.7 Å². The lowest BCUT2D eigenvalue weighted by Gasteiger charge is -2.50. The summed E-state index contributed by atoms with van der Waals surface area (Å²) in [6, 6.07) is 4.36. The fraction of sp³-hybridized carbons (Fsp3) is 0.350. The van der Waals surface area contributed by atoms with Gasteiger partial charge in [-0.3, -0.25) is 19.3 Å². The standard InChI is InChI=1S/C20H22N8O6S2/c1-8(36-20-24-26-27-25-20)11-7-35-18-14(17(32)28(18)15(11)19(33)34)23-16(31)13(21)9-2-4-10(5-3-9)22-6-12(29)30/h2-5,8,13-14,18,22H,6-7,21H2,1H3,(H,23,31)(H,29,30)(H,33,34)(H,24,25,26,27)/t8?,13?,14?,18-/m0/s1. The Labute approximate surface area is 212 Å². The third kappa shape index (κ3) is 5.14. The summed E-state index contributed by atoms with van der Waals surface area (Å²) in [5.41, 5.74) is 7.54. The van der Waals surface area contributed by atoms with E-state index in [0.717, 1.165) is 0 Å². The van der Waals surface area contributed by atoms with Gasteiger partial charge in [-0.05, 0) is 40.6 Å². The summed E-state index contributed by atoms with van der Waals surface area (Å²) in [6.45, 7) is 1.55. The van der Waals surface area contributed by atoms with Crippen LogP contribution in [-0.4, -0.2) is 88.5 Å². The van der Waals surface area contributed by atoms with Crippen molar-refractivity contribution >= 4 is 53.0 Å². The number of β-lactam (4-membered cyclic amide) rings is 1. The van der Waals surface area contributed by atoms with Crippen molar-refractivity contribution in [3.05, 3.63) is 41.1 Å². The Hall–Kier alpha value is -3.63. The number of aromatic nitrogens is 4. The highest BCUT2D eigenvalue weighted by Crippen LogP contribution is 2.43. The number of nitrogens with one attached hydrogen (secondary N) is 3. The van der Waals surface area contributed by atoms with Crippen LogP contribution in [0.3, 0.4) is 0 Å². The Morgan fingerprint density at radius 3 is 2.64 bits per heavy atom. The first-order valence-electron chi connectivity index (χ1n) is 10.6. The first kappa shape index (κ1) is 25.5. The van der Waals surface area contributed by atoms with E-state index >= 15 is 0 Å². The van der Waals surface area contributed by atoms with Crippen LogP contribution in [0, 0.1) is 0 Å². The fourth-order valence-corrected chi connectivity index (χ4v) is 6.20. The Bertz CT molecular complexity index is 1210. The SMILES string of the molecule is CC(Sc1nnn[nH]1)C1=C(C(=O)O)N2C(=O)C(NC(=O)C(N)c3ccc(NCC(=O)O)cc3)[C@@H]2SC1. The molecule has 2 aliphatic heterocycles. The van der Waals surface area contributed by atoms with Crippen LogP contribution in [0.2, 0.25) is 0 Å². The molecule has 14 nitrogen and oxygen atoms in total. The van der Waals surface area contributed by atoms with Crippen LogP contribution in [-0.2, 0) is 19.2 Å². The normalized spacial score (nSPS) is 20.7. The molecule has 3 heterocycles. The van der Waals surface area contributed by atoms with Crippen molar-refractivity contribution < 1.29 is 29.4 Å². The van der Waals surface area contributed by atoms with Gasteiger partial charge < -0.3 is 26.6 Å². The summed E-state index contributed by atoms with van der Waals surface area (Å²) in [4.78, 5) is 49.6. The number of carboxylic acids is 2. The molecule has 7 N–H and O–H groups in total. The highest BCUT2D eigenvalue weighted by atomic mass is 32.2. The number of benzene rings is 1. The molecule has 36 heavy (non-hydrogen) atoms. The van der Waals surface area contributed by atoms with Crippen LogP contribution in [0.4, 0.5) is 5.69 Å². The molecule has 0 spiro atoms. The molecule has 1 aromatic carbocycles. The molecule has 1 fully saturated rings. The number of H-pyrrole nitrogens is 1. The van der Waals surface area contributed by atoms with Gasteiger partial charge in [0.2, 0.25) is 11.1 Å². The maximum Gasteiger partial charge on any atom is 0.352 e. The molecule has 0 radical (unpaired) electrons. The van der Waals surface area contributed by atoms with Crippen molar-refractivity contribution in [2.45, 2.75) is 34.8 Å². The minimum absolute atomic E-state index is 0.101. The molecule has 0 bridgehead atoms. The van der Waals surface area contributed by atoms with Crippen molar-refractivity contribution in [3.63, 3.8) is 0 Å². The van der Waals surface area contributed by atoms with Crippen LogP contribution in [0.5, 0.6) is 0 Å². The largest absolute Gasteiger partial charge is 0.480 e. The van der Waals surface area contributed by atoms with Crippen LogP contribution < -0.4 is 16.4 Å². The van der Waals surface area contributed by atoms with Crippen LogP contribution >= 0.6 is 23.5 Å². The molecule has 1 saturated heterocycles. The number of amides is 2. The fourth-order valence-electron chi connectivity index (χ4n) is 3.77. The minimum Gasteiger partial charge on any atom is -0.480 e. The van der Waals surface area contributed by atoms with E-state index in [-0.39, 0.29) is 17.5 Å². The Morgan fingerprint density at radius 1 is 1.31 bits per heavy atom. The quantitative estimate of drug-likeness (QED) is 0.169. The third-order valence-corrected chi connectivity index (χ3v) is 7.94. The number of carbonyl (C=O) groups excluding carboxylic acids is 2. The molecule has 16 heteroatoms. The summed E-state index contributed by atoms with van der Waals surface area (Å²) in [6.07, 6.45) is 0. The number of hydrogen-bond acceptors (Lipinski definition) is 11. The van der Waals surface area contributed by atoms with Gasteiger partial charge in [-0.1, -0.05) is 23.9 Å². The van der Waals surface area contributed by atoms with Crippen LogP contribution in [0.1, 0.15) is 18.5 Å². The number of aliphatic carboxylic acids is 2. The molecular weight excluding hydrogens is 512 g/mol. The zero-order valence-electron chi connectivity index (χ0n) is 18.7. The number of hydrogen-bond donors (Lipinski definition) is 6. The summed E-state index contributed by atoms with van der Waals surface area (Å²) in [7, 11) is 0. The van der Waals surface area contributed by atoms with Gasteiger partial charge in [0.05, 0.1) is 0 Å². The monoisotopic (exact) mass is 534 g/mol. The number of nitrogens with zero attached hydrogens (tertiary/aromatic N) is 4. The minimum atomic E-state index is -1.23. The van der Waals surface area contributed by atoms with E-state index in [2.05, 4.69) is 31.3 Å². The summed E-state index contributed by atoms with van der Waals surface area (Å²) in [5.74, 6) is -3.02. The number of aromatic amines is 1. The number of rotatable bonds is 10. The highest BCUT2D eigenvalue weighted by molar-refractivity contribution is 8.01. The van der Waals surface area contributed by atoms with Gasteiger partial charge in [0.15, 0.2) is 0 Å². The maximum absolute atomic E-state index is 12.9. The predicted molar refractivity (Wildman–Crippen MR) is 129 cm³/mol. The lowest BCUT2D eigenvalue weighted by Crippen LogP contribution is -2.71. The summed E-state index contributed by atoms with van der Waals surface area (Å²) >= 11 is 2.59. The first-order chi connectivity index (χ1) is 17.2. The van der Waals surface area contributed by atoms with E-state index in [1.165, 1.54) is 28.4 Å². The smallest absolute Gasteiger partial charge is 0.352 e. The van der Waals surface area contributed by atoms with Crippen LogP contribution in [0.25, 0.3) is 0 Å². The van der Waals surface area contributed by atoms with Gasteiger partial charge in [-0.15, -0.1) is 16.9 Å². The van der Waals surface area contributed by atoms with Crippen molar-refractivity contribution in [1.29, 1.82) is 0 Å². The molecule has 1 aromatic heterocycles. The zero-order valence-corrected chi connectivity index (χ0v) is 20.4. The first-order valence-corrected chi connectivity index (χ1v) is 12.5. The van der Waals surface area contributed by atoms with E-state index in [1.54, 1.807) is 31.2 Å². The number of anilines is 1. The second-order valence-electron chi connectivity index (χ2n) is 7.89. The second kappa shape index (κ2) is 10.5. The topological polar surface area (TPSA) is 217 Å². The maximum atomic E-state index is 12.9. The van der Waals surface area contributed by atoms with Gasteiger partial charge in [-0.2, -0.15) is 0 Å². The molecule has 2 aromatic rings. The average molecular weight is 535 g/mol. The van der Waals surface area contributed by atoms with Gasteiger partial charge in [-0.25, -0.2) is 9.89 Å². The van der Waals surface area contributed by atoms with E-state index < -0.39 is 41.2 Å². The lowest BCUT2D eigenvalue weighted by molar-refractivity contribution is -0.150. The van der Waals surface area contributed by atoms with Gasteiger partial charge in [0.1, 0.15) is 29.7 Å². The van der Waals surface area contributed by atoms with E-state index in [1.807, 2.05) is 0 Å². The number of tetrazole rings is 1. The number of nitrogens with two attached hydrogens (primary N) is 1. The molecule has 4 atom stereocenters. The molecule has 2 amide bonds. The molecule has 4 rings (SSSR count). The molecule has 190 valence electrons. The second-order valence-corrected chi connectivity index (χ2v) is 10.3. The van der Waals surface area contributed by atoms with E-state index in [4.69, 9.17) is 10.8 Å². The number of carbonyl (C=O) groups is 4. The molecule has 2 aliphatic rings. The predicted octanol–water partition coefficient (Wildman–Crippen LogP) is -0.385. The van der Waals surface area contributed by atoms with E-state index in [9.17, 15) is 24.3 Å². The Kier molecular flexibility index (Phi) is 7.46. The Morgan fingerprint density at radius 2 is 2.03 bits per heavy atom. The molecular formula is C20H22N8O6S2. The number of fused-ring (bicyclic) bond motifs is 1. The van der Waals surface area contributed by atoms with Crippen molar-refractivity contribution in [3.8, 4) is 0 Å². The number of thioether (sulfide) groups is 2. The zero-order chi connectivity index (χ0) is 26.0. The van der Waals surface area contributed by atoms with Gasteiger partial charge in [0.25, 0.3) is 5.91 Å². The summed E-state index contributed by atoms with van der Waals surface area (Å²) in [5, 5.41) is 36.9. The van der Waals surface area contributed by atoms with Crippen molar-refractivity contribution in [2.24, 2.45) is 5.73 Å². The molecule has 0 aliphatic carbocycles. The molecule has 0 saturated carbocycles. The highest BCUT2D eigenvalue weighted by Gasteiger charge is 2.54. The Balaban J connectivity index is 1.42. The third-order valence-electron chi connectivity index (χ3n) is 5.60. The molecule has 3 unspecified atom stereocenters. The average Bonchev–Trinajstić information content (AvgIpc) is 3.37. The van der Waals surface area contributed by atoms with Gasteiger partial charge >= 0.3 is 11.9 Å². The van der Waals surface area contributed by atoms with E-state index in [0.29, 0.717) is 27.7 Å². The van der Waals surface area contributed by atoms with Gasteiger partial charge in [0, 0.05) is 16.7 Å². The van der Waals surface area contributed by atoms with Crippen molar-refractivity contribution in [2.75, 3.05) is 17.6 Å². The summed E-state index contributed by atoms with van der Waals surface area (Å²) < 4.78 is 0. The lowest BCUT2D eigenvalue weighted by atomic mass is 10.0. The van der Waals surface area contributed by atoms with Crippen molar-refractivity contribution in [1.82, 2.24) is 30.8 Å². The number of carboxylic acid groups (broad SMARTS) is 2.